The zero-order valence-electron chi connectivity index (χ0n) is 9.56. The fourth-order valence-electron chi connectivity index (χ4n) is 2.15. The second kappa shape index (κ2) is 5.15. The molecule has 3 heteroatoms. The highest BCUT2D eigenvalue weighted by molar-refractivity contribution is 8.01. The predicted octanol–water partition coefficient (Wildman–Crippen LogP) is 4.27. The van der Waals surface area contributed by atoms with Crippen molar-refractivity contribution in [2.24, 2.45) is 0 Å². The van der Waals surface area contributed by atoms with E-state index in [1.165, 1.54) is 28.3 Å². The van der Waals surface area contributed by atoms with Crippen molar-refractivity contribution in [1.29, 1.82) is 0 Å². The molecule has 1 aliphatic heterocycles. The fourth-order valence-corrected chi connectivity index (χ4v) is 4.28. The lowest BCUT2D eigenvalue weighted by Gasteiger charge is -2.12. The lowest BCUT2D eigenvalue weighted by atomic mass is 10.1. The molecule has 0 spiro atoms. The van der Waals surface area contributed by atoms with Gasteiger partial charge in [0, 0.05) is 17.5 Å². The van der Waals surface area contributed by atoms with Crippen LogP contribution in [0.1, 0.15) is 12.0 Å². The summed E-state index contributed by atoms with van der Waals surface area (Å²) in [7, 11) is 0. The molecule has 0 fully saturated rings. The Morgan fingerprint density at radius 1 is 1.18 bits per heavy atom. The third kappa shape index (κ3) is 2.67. The Bertz CT molecular complexity index is 452. The fraction of sp³-hybridized carbons (Fsp3) is 0.286. The molecule has 1 aliphatic rings. The lowest BCUT2D eigenvalue weighted by molar-refractivity contribution is 0.804. The summed E-state index contributed by atoms with van der Waals surface area (Å²) >= 11 is 3.85. The van der Waals surface area contributed by atoms with E-state index in [0.29, 0.717) is 5.25 Å². The van der Waals surface area contributed by atoms with E-state index >= 15 is 0 Å². The summed E-state index contributed by atoms with van der Waals surface area (Å²) in [4.78, 5) is 0. The van der Waals surface area contributed by atoms with Crippen LogP contribution in [0.25, 0.3) is 0 Å². The molecule has 0 bridgehead atoms. The summed E-state index contributed by atoms with van der Waals surface area (Å²) in [6.45, 7) is 1.07. The van der Waals surface area contributed by atoms with Crippen molar-refractivity contribution >= 4 is 28.8 Å². The normalized spacial score (nSPS) is 19.2. The predicted molar refractivity (Wildman–Crippen MR) is 77.2 cm³/mol. The smallest absolute Gasteiger partial charge is 0.0601 e. The zero-order valence-corrected chi connectivity index (χ0v) is 11.2. The number of para-hydroxylation sites is 1. The molecule has 0 amide bonds. The summed E-state index contributed by atoms with van der Waals surface area (Å²) in [6.07, 6.45) is 2.44. The highest BCUT2D eigenvalue weighted by Gasteiger charge is 2.16. The van der Waals surface area contributed by atoms with E-state index < -0.39 is 0 Å². The number of thioether (sulfide) groups is 1. The molecular weight excluding hydrogens is 246 g/mol. The molecule has 0 saturated carbocycles. The van der Waals surface area contributed by atoms with E-state index in [9.17, 15) is 0 Å². The number of benzene rings is 1. The largest absolute Gasteiger partial charge is 0.384 e. The number of nitrogens with one attached hydrogen (secondary N) is 1. The Morgan fingerprint density at radius 2 is 2.12 bits per heavy atom. The quantitative estimate of drug-likeness (QED) is 0.866. The van der Waals surface area contributed by atoms with E-state index in [1.54, 1.807) is 0 Å². The summed E-state index contributed by atoms with van der Waals surface area (Å²) < 4.78 is 1.43. The van der Waals surface area contributed by atoms with Crippen molar-refractivity contribution < 1.29 is 0 Å². The van der Waals surface area contributed by atoms with Gasteiger partial charge >= 0.3 is 0 Å². The molecular formula is C14H15NS2. The van der Waals surface area contributed by atoms with Crippen molar-refractivity contribution in [3.8, 4) is 0 Å². The maximum Gasteiger partial charge on any atom is 0.0601 e. The van der Waals surface area contributed by atoms with E-state index in [1.807, 2.05) is 23.1 Å². The topological polar surface area (TPSA) is 12.0 Å². The first kappa shape index (κ1) is 11.2. The van der Waals surface area contributed by atoms with Crippen molar-refractivity contribution in [2.75, 3.05) is 11.9 Å². The van der Waals surface area contributed by atoms with Crippen LogP contribution < -0.4 is 5.32 Å². The van der Waals surface area contributed by atoms with Crippen molar-refractivity contribution in [3.05, 3.63) is 47.3 Å². The third-order valence-corrected chi connectivity index (χ3v) is 5.39. The number of hydrogen-bond donors (Lipinski definition) is 1. The summed E-state index contributed by atoms with van der Waals surface area (Å²) in [6, 6.07) is 13.0. The lowest BCUT2D eigenvalue weighted by Crippen LogP contribution is -2.14. The first-order valence-corrected chi connectivity index (χ1v) is 7.70. The molecule has 1 unspecified atom stereocenters. The average molecular weight is 261 g/mol. The van der Waals surface area contributed by atoms with E-state index in [0.717, 1.165) is 6.54 Å². The molecule has 0 aliphatic carbocycles. The van der Waals surface area contributed by atoms with Crippen LogP contribution in [0.4, 0.5) is 5.69 Å². The van der Waals surface area contributed by atoms with Gasteiger partial charge in [0.2, 0.25) is 0 Å². The molecule has 1 atom stereocenters. The van der Waals surface area contributed by atoms with Crippen LogP contribution in [0.5, 0.6) is 0 Å². The van der Waals surface area contributed by atoms with Gasteiger partial charge in [-0.3, -0.25) is 0 Å². The van der Waals surface area contributed by atoms with Crippen LogP contribution in [0, 0.1) is 0 Å². The number of anilines is 1. The number of rotatable bonds is 2. The van der Waals surface area contributed by atoms with Crippen molar-refractivity contribution in [3.63, 3.8) is 0 Å². The SMILES string of the molecule is c1csc(SC2CCc3ccccc3NC2)c1. The molecule has 0 radical (unpaired) electrons. The van der Waals surface area contributed by atoms with Gasteiger partial charge in [0.05, 0.1) is 4.21 Å². The number of aryl methyl sites for hydroxylation is 1. The molecule has 2 aromatic rings. The van der Waals surface area contributed by atoms with Crippen LogP contribution >= 0.6 is 23.1 Å². The standard InChI is InChI=1S/C14H15NS2/c1-2-5-13-11(4-1)7-8-12(10-15-13)17-14-6-3-9-16-14/h1-6,9,12,15H,7-8,10H2. The van der Waals surface area contributed by atoms with Gasteiger partial charge in [0.1, 0.15) is 0 Å². The summed E-state index contributed by atoms with van der Waals surface area (Å²) in [5.41, 5.74) is 2.78. The maximum atomic E-state index is 3.57. The first-order valence-electron chi connectivity index (χ1n) is 5.94. The van der Waals surface area contributed by atoms with Crippen molar-refractivity contribution in [2.45, 2.75) is 22.3 Å². The van der Waals surface area contributed by atoms with Gasteiger partial charge in [-0.05, 0) is 35.9 Å². The third-order valence-electron chi connectivity index (χ3n) is 3.05. The highest BCUT2D eigenvalue weighted by atomic mass is 32.2. The van der Waals surface area contributed by atoms with Crippen molar-refractivity contribution in [1.82, 2.24) is 0 Å². The van der Waals surface area contributed by atoms with E-state index in [2.05, 4.69) is 47.1 Å². The Labute approximate surface area is 110 Å². The molecule has 17 heavy (non-hydrogen) atoms. The molecule has 1 N–H and O–H groups in total. The zero-order chi connectivity index (χ0) is 11.5. The van der Waals surface area contributed by atoms with Gasteiger partial charge in [-0.2, -0.15) is 0 Å². The molecule has 3 rings (SSSR count). The maximum absolute atomic E-state index is 3.57. The number of hydrogen-bond acceptors (Lipinski definition) is 3. The Morgan fingerprint density at radius 3 is 3.00 bits per heavy atom. The minimum absolute atomic E-state index is 0.682. The van der Waals surface area contributed by atoms with E-state index in [4.69, 9.17) is 0 Å². The van der Waals surface area contributed by atoms with Gasteiger partial charge in [-0.25, -0.2) is 0 Å². The van der Waals surface area contributed by atoms with Gasteiger partial charge in [-0.15, -0.1) is 23.1 Å². The van der Waals surface area contributed by atoms with Gasteiger partial charge in [0.15, 0.2) is 0 Å². The minimum atomic E-state index is 0.682. The number of fused-ring (bicyclic) bond motifs is 1. The Balaban J connectivity index is 1.69. The van der Waals surface area contributed by atoms with Crippen LogP contribution in [0.3, 0.4) is 0 Å². The minimum Gasteiger partial charge on any atom is -0.384 e. The Hall–Kier alpha value is -0.930. The molecule has 88 valence electrons. The first-order chi connectivity index (χ1) is 8.42. The van der Waals surface area contributed by atoms with E-state index in [-0.39, 0.29) is 0 Å². The van der Waals surface area contributed by atoms with Crippen LogP contribution in [0.15, 0.2) is 46.0 Å². The van der Waals surface area contributed by atoms with Gasteiger partial charge in [-0.1, -0.05) is 24.3 Å². The van der Waals surface area contributed by atoms with Gasteiger partial charge in [0.25, 0.3) is 0 Å². The molecule has 1 aromatic carbocycles. The van der Waals surface area contributed by atoms with Crippen LogP contribution in [-0.4, -0.2) is 11.8 Å². The van der Waals surface area contributed by atoms with Crippen LogP contribution in [-0.2, 0) is 6.42 Å². The molecule has 2 heterocycles. The molecule has 1 nitrogen and oxygen atoms in total. The highest BCUT2D eigenvalue weighted by Crippen LogP contribution is 2.32. The summed E-state index contributed by atoms with van der Waals surface area (Å²) in [5.74, 6) is 0. The number of thiophene rings is 1. The Kier molecular flexibility index (Phi) is 3.39. The second-order valence-electron chi connectivity index (χ2n) is 4.25. The molecule has 0 saturated heterocycles. The van der Waals surface area contributed by atoms with Crippen LogP contribution in [0.2, 0.25) is 0 Å². The van der Waals surface area contributed by atoms with Gasteiger partial charge < -0.3 is 5.32 Å². The molecule has 1 aromatic heterocycles. The second-order valence-corrected chi connectivity index (χ2v) is 6.80. The summed E-state index contributed by atoms with van der Waals surface area (Å²) in [5, 5.41) is 6.41. The monoisotopic (exact) mass is 261 g/mol. The average Bonchev–Trinajstić information content (AvgIpc) is 2.78.